The number of benzene rings is 2. The Hall–Kier alpha value is -2.18. The summed E-state index contributed by atoms with van der Waals surface area (Å²) in [5.74, 6) is -4.72. The molecule has 0 heterocycles. The highest BCUT2D eigenvalue weighted by Crippen LogP contribution is 2.32. The van der Waals surface area contributed by atoms with Crippen LogP contribution in [0.5, 0.6) is 0 Å². The summed E-state index contributed by atoms with van der Waals surface area (Å²) in [5.41, 5.74) is -1.12. The molecular formula is C15H11F7N2O2S. The van der Waals surface area contributed by atoms with E-state index >= 15 is 0 Å². The monoisotopic (exact) mass is 416 g/mol. The third kappa shape index (κ3) is 4.96. The van der Waals surface area contributed by atoms with E-state index in [4.69, 9.17) is 5.73 Å². The standard InChI is InChI=1S/C15H11F7N2O2S/c16-9-1-7(2-10(17)5-9)13(23)14(24-27(25,26)15(20,21)22)8-3-11(18)6-12(19)4-8/h1-6,13-14,24H,23H2/t13-,14-/m1/s1. The van der Waals surface area contributed by atoms with Gasteiger partial charge in [0, 0.05) is 12.1 Å². The minimum absolute atomic E-state index is 0.395. The van der Waals surface area contributed by atoms with Gasteiger partial charge in [-0.25, -0.2) is 26.0 Å². The number of nitrogens with two attached hydrogens (primary N) is 1. The van der Waals surface area contributed by atoms with Crippen LogP contribution in [0, 0.1) is 23.3 Å². The maximum absolute atomic E-state index is 13.4. The van der Waals surface area contributed by atoms with E-state index in [0.29, 0.717) is 36.4 Å². The lowest BCUT2D eigenvalue weighted by atomic mass is 9.94. The second kappa shape index (κ2) is 7.44. The van der Waals surface area contributed by atoms with E-state index in [1.54, 1.807) is 0 Å². The molecule has 2 rings (SSSR count). The van der Waals surface area contributed by atoms with Crippen molar-refractivity contribution in [2.45, 2.75) is 17.6 Å². The predicted octanol–water partition coefficient (Wildman–Crippen LogP) is 3.42. The molecule has 3 N–H and O–H groups in total. The molecule has 4 nitrogen and oxygen atoms in total. The van der Waals surface area contributed by atoms with Crippen LogP contribution in [0.2, 0.25) is 0 Å². The molecule has 0 radical (unpaired) electrons. The molecule has 148 valence electrons. The summed E-state index contributed by atoms with van der Waals surface area (Å²) in [4.78, 5) is 0. The highest BCUT2D eigenvalue weighted by Gasteiger charge is 2.47. The number of halogens is 7. The van der Waals surface area contributed by atoms with Gasteiger partial charge in [0.2, 0.25) is 0 Å². The van der Waals surface area contributed by atoms with Gasteiger partial charge in [0.05, 0.1) is 12.1 Å². The summed E-state index contributed by atoms with van der Waals surface area (Å²) in [7, 11) is -6.01. The van der Waals surface area contributed by atoms with Gasteiger partial charge in [0.1, 0.15) is 23.3 Å². The van der Waals surface area contributed by atoms with E-state index in [9.17, 15) is 39.2 Å². The van der Waals surface area contributed by atoms with E-state index in [1.807, 2.05) is 0 Å². The fourth-order valence-electron chi connectivity index (χ4n) is 2.30. The molecule has 0 fully saturated rings. The van der Waals surface area contributed by atoms with E-state index in [1.165, 1.54) is 4.72 Å². The molecule has 0 spiro atoms. The first-order valence-corrected chi connectivity index (χ1v) is 8.54. The molecule has 0 amide bonds. The first-order valence-electron chi connectivity index (χ1n) is 7.06. The Kier molecular flexibility index (Phi) is 5.82. The molecule has 0 saturated heterocycles. The van der Waals surface area contributed by atoms with Gasteiger partial charge < -0.3 is 5.73 Å². The maximum atomic E-state index is 13.4. The van der Waals surface area contributed by atoms with Crippen LogP contribution in [0.3, 0.4) is 0 Å². The predicted molar refractivity (Wildman–Crippen MR) is 80.5 cm³/mol. The van der Waals surface area contributed by atoms with Crippen molar-refractivity contribution in [1.82, 2.24) is 4.72 Å². The Morgan fingerprint density at radius 2 is 1.15 bits per heavy atom. The van der Waals surface area contributed by atoms with Crippen LogP contribution in [-0.4, -0.2) is 13.9 Å². The highest BCUT2D eigenvalue weighted by molar-refractivity contribution is 7.90. The third-order valence-electron chi connectivity index (χ3n) is 3.46. The fraction of sp³-hybridized carbons (Fsp3) is 0.200. The molecule has 0 saturated carbocycles. The van der Waals surface area contributed by atoms with Crippen LogP contribution in [-0.2, 0) is 10.0 Å². The topological polar surface area (TPSA) is 72.2 Å². The Morgan fingerprint density at radius 1 is 0.778 bits per heavy atom. The van der Waals surface area contributed by atoms with Gasteiger partial charge in [0.25, 0.3) is 0 Å². The lowest BCUT2D eigenvalue weighted by Crippen LogP contribution is -2.42. The van der Waals surface area contributed by atoms with Gasteiger partial charge in [0.15, 0.2) is 0 Å². The average molecular weight is 416 g/mol. The molecule has 12 heteroatoms. The molecule has 2 aromatic rings. The third-order valence-corrected chi connectivity index (χ3v) is 4.63. The zero-order valence-electron chi connectivity index (χ0n) is 13.1. The van der Waals surface area contributed by atoms with Crippen LogP contribution in [0.1, 0.15) is 23.2 Å². The second-order valence-corrected chi connectivity index (χ2v) is 7.18. The quantitative estimate of drug-likeness (QED) is 0.734. The second-order valence-electron chi connectivity index (χ2n) is 5.48. The SMILES string of the molecule is N[C@H](c1cc(F)cc(F)c1)[C@H](NS(=O)(=O)C(F)(F)F)c1cc(F)cc(F)c1. The lowest BCUT2D eigenvalue weighted by molar-refractivity contribution is -0.0451. The van der Waals surface area contributed by atoms with Crippen LogP contribution < -0.4 is 10.5 Å². The smallest absolute Gasteiger partial charge is 0.322 e. The van der Waals surface area contributed by atoms with Gasteiger partial charge in [-0.1, -0.05) is 0 Å². The maximum Gasteiger partial charge on any atom is 0.511 e. The lowest BCUT2D eigenvalue weighted by Gasteiger charge is -2.26. The molecule has 0 aliphatic carbocycles. The molecule has 2 atom stereocenters. The summed E-state index contributed by atoms with van der Waals surface area (Å²) in [6, 6.07) is -0.656. The van der Waals surface area contributed by atoms with Crippen LogP contribution in [0.25, 0.3) is 0 Å². The van der Waals surface area contributed by atoms with Crippen molar-refractivity contribution in [1.29, 1.82) is 0 Å². The molecule has 0 aliphatic heterocycles. The van der Waals surface area contributed by atoms with E-state index < -0.39 is 62.0 Å². The molecule has 0 bridgehead atoms. The molecular weight excluding hydrogens is 405 g/mol. The van der Waals surface area contributed by atoms with E-state index in [2.05, 4.69) is 0 Å². The Bertz CT molecular complexity index is 907. The molecule has 2 aromatic carbocycles. The minimum Gasteiger partial charge on any atom is -0.322 e. The van der Waals surface area contributed by atoms with Crippen LogP contribution in [0.4, 0.5) is 30.7 Å². The molecule has 0 aromatic heterocycles. The van der Waals surface area contributed by atoms with Gasteiger partial charge in [-0.2, -0.15) is 17.9 Å². The average Bonchev–Trinajstić information content (AvgIpc) is 2.49. The van der Waals surface area contributed by atoms with Gasteiger partial charge in [-0.3, -0.25) is 0 Å². The normalized spacial score (nSPS) is 14.8. The zero-order chi connectivity index (χ0) is 20.6. The molecule has 0 aliphatic rings. The molecule has 27 heavy (non-hydrogen) atoms. The number of rotatable bonds is 5. The summed E-state index contributed by atoms with van der Waals surface area (Å²) >= 11 is 0. The van der Waals surface area contributed by atoms with Crippen molar-refractivity contribution < 1.29 is 39.2 Å². The summed E-state index contributed by atoms with van der Waals surface area (Å²) < 4.78 is 116. The largest absolute Gasteiger partial charge is 0.511 e. The number of alkyl halides is 3. The molecule has 0 unspecified atom stereocenters. The van der Waals surface area contributed by atoms with Gasteiger partial charge in [-0.05, 0) is 35.4 Å². The van der Waals surface area contributed by atoms with Crippen LogP contribution in [0.15, 0.2) is 36.4 Å². The van der Waals surface area contributed by atoms with E-state index in [0.717, 1.165) is 0 Å². The first kappa shape index (κ1) is 21.1. The number of hydrogen-bond acceptors (Lipinski definition) is 3. The van der Waals surface area contributed by atoms with Crippen molar-refractivity contribution in [2.24, 2.45) is 5.73 Å². The van der Waals surface area contributed by atoms with Crippen LogP contribution >= 0.6 is 0 Å². The van der Waals surface area contributed by atoms with Crippen molar-refractivity contribution in [3.63, 3.8) is 0 Å². The Balaban J connectivity index is 2.58. The first-order chi connectivity index (χ1) is 12.3. The summed E-state index contributed by atoms with van der Waals surface area (Å²) in [5, 5.41) is 0. The van der Waals surface area contributed by atoms with Gasteiger partial charge >= 0.3 is 15.5 Å². The van der Waals surface area contributed by atoms with Gasteiger partial charge in [-0.15, -0.1) is 0 Å². The van der Waals surface area contributed by atoms with Crippen molar-refractivity contribution in [3.8, 4) is 0 Å². The Labute approximate surface area is 148 Å². The summed E-state index contributed by atoms with van der Waals surface area (Å²) in [6.07, 6.45) is 0. The van der Waals surface area contributed by atoms with Crippen molar-refractivity contribution in [2.75, 3.05) is 0 Å². The fourth-order valence-corrected chi connectivity index (χ4v) is 3.05. The zero-order valence-corrected chi connectivity index (χ0v) is 13.9. The number of nitrogens with one attached hydrogen (secondary N) is 1. The van der Waals surface area contributed by atoms with Crippen molar-refractivity contribution >= 4 is 10.0 Å². The van der Waals surface area contributed by atoms with E-state index in [-0.39, 0.29) is 0 Å². The number of hydrogen-bond donors (Lipinski definition) is 2. The van der Waals surface area contributed by atoms with Crippen molar-refractivity contribution in [3.05, 3.63) is 70.8 Å². The minimum atomic E-state index is -6.01. The number of sulfonamides is 1. The Morgan fingerprint density at radius 3 is 1.52 bits per heavy atom. The highest BCUT2D eigenvalue weighted by atomic mass is 32.2. The summed E-state index contributed by atoms with van der Waals surface area (Å²) in [6.45, 7) is 0.